The van der Waals surface area contributed by atoms with Crippen LogP contribution in [0.3, 0.4) is 0 Å². The quantitative estimate of drug-likeness (QED) is 0.846. The third-order valence-electron chi connectivity index (χ3n) is 2.22. The molecule has 0 unspecified atom stereocenters. The lowest BCUT2D eigenvalue weighted by Gasteiger charge is -2.13. The highest BCUT2D eigenvalue weighted by molar-refractivity contribution is 9.10. The van der Waals surface area contributed by atoms with E-state index < -0.39 is 0 Å². The Morgan fingerprint density at radius 2 is 1.83 bits per heavy atom. The third kappa shape index (κ3) is 2.41. The summed E-state index contributed by atoms with van der Waals surface area (Å²) in [6, 6.07) is 3.47. The van der Waals surface area contributed by atoms with Crippen LogP contribution in [0.5, 0.6) is 0 Å². The van der Waals surface area contributed by atoms with Crippen molar-refractivity contribution < 1.29 is 0 Å². The molecule has 8 heteroatoms. The number of anilines is 2. The highest BCUT2D eigenvalue weighted by Gasteiger charge is 2.14. The Morgan fingerprint density at radius 1 is 1.28 bits per heavy atom. The molecule has 1 heterocycles. The molecule has 0 spiro atoms. The molecule has 0 radical (unpaired) electrons. The van der Waals surface area contributed by atoms with Crippen LogP contribution < -0.4 is 10.6 Å². The first kappa shape index (κ1) is 13.5. The van der Waals surface area contributed by atoms with E-state index in [1.54, 1.807) is 21.7 Å². The molecule has 18 heavy (non-hydrogen) atoms. The summed E-state index contributed by atoms with van der Waals surface area (Å²) in [5.41, 5.74) is 6.31. The van der Waals surface area contributed by atoms with Crippen molar-refractivity contribution in [1.82, 2.24) is 14.8 Å². The van der Waals surface area contributed by atoms with E-state index in [1.165, 1.54) is 0 Å². The molecule has 0 amide bonds. The molecule has 1 aromatic heterocycles. The summed E-state index contributed by atoms with van der Waals surface area (Å²) in [6.45, 7) is 0. The van der Waals surface area contributed by atoms with Gasteiger partial charge in [0.15, 0.2) is 0 Å². The molecule has 2 aromatic rings. The lowest BCUT2D eigenvalue weighted by Crippen LogP contribution is -2.15. The van der Waals surface area contributed by atoms with Crippen LogP contribution in [0.4, 0.5) is 11.9 Å². The standard InChI is InChI=1S/C10H10BrCl2N5/c1-17(2)10-15-9(14)16-18(10)5-3-6(12)8(11)7(13)4-5/h3-4H,1-2H3,(H2,14,16). The first-order valence-corrected chi connectivity index (χ1v) is 6.50. The average Bonchev–Trinajstić information content (AvgIpc) is 2.67. The topological polar surface area (TPSA) is 60.0 Å². The zero-order valence-corrected chi connectivity index (χ0v) is 12.8. The molecule has 0 atom stereocenters. The van der Waals surface area contributed by atoms with Crippen LogP contribution in [0, 0.1) is 0 Å². The van der Waals surface area contributed by atoms with Gasteiger partial charge in [-0.1, -0.05) is 23.2 Å². The van der Waals surface area contributed by atoms with E-state index in [9.17, 15) is 0 Å². The number of nitrogens with two attached hydrogens (primary N) is 1. The Hall–Kier alpha value is -0.980. The average molecular weight is 351 g/mol. The second-order valence-electron chi connectivity index (χ2n) is 3.80. The minimum absolute atomic E-state index is 0.189. The first-order chi connectivity index (χ1) is 8.40. The summed E-state index contributed by atoms with van der Waals surface area (Å²) < 4.78 is 2.23. The molecule has 0 saturated carbocycles. The maximum absolute atomic E-state index is 6.07. The molecule has 0 aliphatic carbocycles. The molecule has 0 fully saturated rings. The van der Waals surface area contributed by atoms with E-state index in [4.69, 9.17) is 28.9 Å². The summed E-state index contributed by atoms with van der Waals surface area (Å²) in [7, 11) is 3.70. The molecule has 5 nitrogen and oxygen atoms in total. The van der Waals surface area contributed by atoms with Crippen LogP contribution >= 0.6 is 39.1 Å². The molecule has 1 aromatic carbocycles. The fourth-order valence-electron chi connectivity index (χ4n) is 1.45. The molecule has 0 aliphatic rings. The molecular formula is C10H10BrCl2N5. The normalized spacial score (nSPS) is 10.7. The van der Waals surface area contributed by atoms with Gasteiger partial charge < -0.3 is 10.6 Å². The second kappa shape index (κ2) is 4.95. The SMILES string of the molecule is CN(C)c1nc(N)nn1-c1cc(Cl)c(Br)c(Cl)c1. The Morgan fingerprint density at radius 3 is 2.33 bits per heavy atom. The Bertz CT molecular complexity index is 573. The van der Waals surface area contributed by atoms with Gasteiger partial charge in [0, 0.05) is 14.1 Å². The maximum Gasteiger partial charge on any atom is 0.241 e. The number of hydrogen-bond acceptors (Lipinski definition) is 4. The molecule has 0 aliphatic heterocycles. The number of rotatable bonds is 2. The molecular weight excluding hydrogens is 341 g/mol. The van der Waals surface area contributed by atoms with Crippen molar-refractivity contribution in [1.29, 1.82) is 0 Å². The van der Waals surface area contributed by atoms with Crippen LogP contribution in [0.1, 0.15) is 0 Å². The van der Waals surface area contributed by atoms with Crippen LogP contribution in [0.15, 0.2) is 16.6 Å². The van der Waals surface area contributed by atoms with Crippen LogP contribution in [0.2, 0.25) is 10.0 Å². The summed E-state index contributed by atoms with van der Waals surface area (Å²) >= 11 is 15.4. The Labute approximate surface area is 123 Å². The predicted octanol–water partition coefficient (Wildman–Crippen LogP) is 2.98. The van der Waals surface area contributed by atoms with E-state index in [0.717, 1.165) is 0 Å². The highest BCUT2D eigenvalue weighted by atomic mass is 79.9. The summed E-state index contributed by atoms with van der Waals surface area (Å²) in [5.74, 6) is 0.788. The van der Waals surface area contributed by atoms with Crippen molar-refractivity contribution in [2.24, 2.45) is 0 Å². The fourth-order valence-corrected chi connectivity index (χ4v) is 2.15. The van der Waals surface area contributed by atoms with E-state index in [-0.39, 0.29) is 5.95 Å². The third-order valence-corrected chi connectivity index (χ3v) is 4.13. The number of hydrogen-bond donors (Lipinski definition) is 1. The van der Waals surface area contributed by atoms with Gasteiger partial charge in [-0.15, -0.1) is 5.10 Å². The zero-order chi connectivity index (χ0) is 13.4. The van der Waals surface area contributed by atoms with Crippen molar-refractivity contribution in [2.75, 3.05) is 24.7 Å². The van der Waals surface area contributed by atoms with Crippen LogP contribution in [0.25, 0.3) is 5.69 Å². The highest BCUT2D eigenvalue weighted by Crippen LogP contribution is 2.33. The van der Waals surface area contributed by atoms with Gasteiger partial charge in [-0.2, -0.15) is 9.67 Å². The van der Waals surface area contributed by atoms with Crippen molar-refractivity contribution in [3.05, 3.63) is 26.7 Å². The van der Waals surface area contributed by atoms with Gasteiger partial charge in [0.05, 0.1) is 20.2 Å². The molecule has 96 valence electrons. The minimum atomic E-state index is 0.189. The zero-order valence-electron chi connectivity index (χ0n) is 9.65. The smallest absolute Gasteiger partial charge is 0.241 e. The molecule has 2 rings (SSSR count). The van der Waals surface area contributed by atoms with Crippen LogP contribution in [-0.4, -0.2) is 28.9 Å². The van der Waals surface area contributed by atoms with E-state index in [2.05, 4.69) is 26.0 Å². The summed E-state index contributed by atoms with van der Waals surface area (Å²) in [6.07, 6.45) is 0. The van der Waals surface area contributed by atoms with E-state index in [1.807, 2.05) is 14.1 Å². The van der Waals surface area contributed by atoms with Crippen molar-refractivity contribution in [2.45, 2.75) is 0 Å². The van der Waals surface area contributed by atoms with Gasteiger partial charge in [0.1, 0.15) is 0 Å². The van der Waals surface area contributed by atoms with Gasteiger partial charge in [0.25, 0.3) is 0 Å². The lowest BCUT2D eigenvalue weighted by molar-refractivity contribution is 0.852. The number of halogens is 3. The van der Waals surface area contributed by atoms with Crippen LogP contribution in [-0.2, 0) is 0 Å². The van der Waals surface area contributed by atoms with Gasteiger partial charge in [-0.05, 0) is 28.1 Å². The van der Waals surface area contributed by atoms with Crippen molar-refractivity contribution >= 4 is 51.0 Å². The van der Waals surface area contributed by atoms with Gasteiger partial charge >= 0.3 is 0 Å². The molecule has 2 N–H and O–H groups in total. The van der Waals surface area contributed by atoms with E-state index >= 15 is 0 Å². The largest absolute Gasteiger partial charge is 0.366 e. The van der Waals surface area contributed by atoms with Gasteiger partial charge in [-0.3, -0.25) is 0 Å². The second-order valence-corrected chi connectivity index (χ2v) is 5.41. The van der Waals surface area contributed by atoms with Gasteiger partial charge in [0.2, 0.25) is 11.9 Å². The number of aromatic nitrogens is 3. The Balaban J connectivity index is 2.62. The van der Waals surface area contributed by atoms with Gasteiger partial charge in [-0.25, -0.2) is 0 Å². The predicted molar refractivity (Wildman–Crippen MR) is 77.8 cm³/mol. The Kier molecular flexibility index (Phi) is 3.70. The maximum atomic E-state index is 6.07. The fraction of sp³-hybridized carbons (Fsp3) is 0.200. The summed E-state index contributed by atoms with van der Waals surface area (Å²) in [5, 5.41) is 5.12. The van der Waals surface area contributed by atoms with E-state index in [0.29, 0.717) is 26.2 Å². The van der Waals surface area contributed by atoms with Crippen molar-refractivity contribution in [3.63, 3.8) is 0 Å². The molecule has 0 bridgehead atoms. The summed E-state index contributed by atoms with van der Waals surface area (Å²) in [4.78, 5) is 5.92. The lowest BCUT2D eigenvalue weighted by atomic mass is 10.3. The number of benzene rings is 1. The monoisotopic (exact) mass is 349 g/mol. The molecule has 0 saturated heterocycles. The first-order valence-electron chi connectivity index (χ1n) is 4.95. The van der Waals surface area contributed by atoms with Crippen molar-refractivity contribution in [3.8, 4) is 5.69 Å². The minimum Gasteiger partial charge on any atom is -0.366 e. The number of nitrogens with zero attached hydrogens (tertiary/aromatic N) is 4. The number of nitrogen functional groups attached to an aromatic ring is 1.